The Labute approximate surface area is 196 Å². The molecule has 4 nitrogen and oxygen atoms in total. The summed E-state index contributed by atoms with van der Waals surface area (Å²) >= 11 is 12.9. The summed E-state index contributed by atoms with van der Waals surface area (Å²) in [5.74, 6) is 0.120. The van der Waals surface area contributed by atoms with Crippen molar-refractivity contribution in [3.05, 3.63) is 97.4 Å². The van der Waals surface area contributed by atoms with Crippen molar-refractivity contribution in [2.45, 2.75) is 6.61 Å². The van der Waals surface area contributed by atoms with Gasteiger partial charge in [0.2, 0.25) is 0 Å². The number of ether oxygens (including phenoxy) is 1. The molecule has 1 amide bonds. The Morgan fingerprint density at radius 3 is 2.40 bits per heavy atom. The van der Waals surface area contributed by atoms with Crippen molar-refractivity contribution in [1.82, 2.24) is 0 Å². The number of carbonyl (C=O) groups excluding carboxylic acids is 1. The number of benzene rings is 3. The van der Waals surface area contributed by atoms with Gasteiger partial charge in [-0.25, -0.2) is 0 Å². The Balaban J connectivity index is 1.77. The van der Waals surface area contributed by atoms with Crippen LogP contribution in [0.3, 0.4) is 0 Å². The van der Waals surface area contributed by atoms with Gasteiger partial charge in [-0.2, -0.15) is 5.26 Å². The van der Waals surface area contributed by atoms with Gasteiger partial charge in [0, 0.05) is 10.7 Å². The number of nitrogens with one attached hydrogen (secondary N) is 1. The van der Waals surface area contributed by atoms with Crippen LogP contribution in [0.5, 0.6) is 5.75 Å². The molecule has 3 aromatic carbocycles. The Morgan fingerprint density at radius 1 is 1.07 bits per heavy atom. The van der Waals surface area contributed by atoms with Gasteiger partial charge in [-0.3, -0.25) is 4.79 Å². The van der Waals surface area contributed by atoms with Crippen molar-refractivity contribution in [2.75, 3.05) is 5.32 Å². The van der Waals surface area contributed by atoms with E-state index in [1.165, 1.54) is 6.08 Å². The van der Waals surface area contributed by atoms with Crippen molar-refractivity contribution in [3.8, 4) is 11.8 Å². The van der Waals surface area contributed by atoms with E-state index in [1.54, 1.807) is 36.4 Å². The summed E-state index contributed by atoms with van der Waals surface area (Å²) < 4.78 is 7.31. The number of hydrogen-bond donors (Lipinski definition) is 1. The second-order valence-electron chi connectivity index (χ2n) is 6.22. The quantitative estimate of drug-likeness (QED) is 0.268. The van der Waals surface area contributed by atoms with Gasteiger partial charge < -0.3 is 10.1 Å². The normalized spacial score (nSPS) is 10.9. The van der Waals surface area contributed by atoms with E-state index in [-0.39, 0.29) is 5.57 Å². The molecule has 0 heterocycles. The Morgan fingerprint density at radius 2 is 1.77 bits per heavy atom. The molecule has 0 aliphatic rings. The maximum Gasteiger partial charge on any atom is 0.266 e. The van der Waals surface area contributed by atoms with Crippen molar-refractivity contribution < 1.29 is 9.53 Å². The monoisotopic (exact) mass is 544 g/mol. The van der Waals surface area contributed by atoms with Crippen LogP contribution in [-0.2, 0) is 11.4 Å². The zero-order valence-electron chi connectivity index (χ0n) is 15.5. The molecular formula is C23H15Br2ClN2O2. The first kappa shape index (κ1) is 22.1. The minimum absolute atomic E-state index is 0.0354. The van der Waals surface area contributed by atoms with Gasteiger partial charge in [0.05, 0.1) is 8.95 Å². The number of halogens is 3. The highest BCUT2D eigenvalue weighted by Crippen LogP contribution is 2.36. The fraction of sp³-hybridized carbons (Fsp3) is 0.0435. The molecule has 0 aliphatic heterocycles. The third-order valence-corrected chi connectivity index (χ3v) is 5.42. The van der Waals surface area contributed by atoms with Crippen LogP contribution in [0.15, 0.2) is 81.2 Å². The molecular weight excluding hydrogens is 532 g/mol. The van der Waals surface area contributed by atoms with E-state index < -0.39 is 5.91 Å². The van der Waals surface area contributed by atoms with Crippen molar-refractivity contribution in [3.63, 3.8) is 0 Å². The van der Waals surface area contributed by atoms with Gasteiger partial charge in [0.1, 0.15) is 24.0 Å². The van der Waals surface area contributed by atoms with E-state index in [1.807, 2.05) is 36.4 Å². The maximum atomic E-state index is 12.5. The third-order valence-electron chi connectivity index (χ3n) is 4.01. The lowest BCUT2D eigenvalue weighted by atomic mass is 10.1. The molecule has 3 aromatic rings. The number of nitriles is 1. The number of hydrogen-bond acceptors (Lipinski definition) is 3. The summed E-state index contributed by atoms with van der Waals surface area (Å²) in [5.41, 5.74) is 2.19. The van der Waals surface area contributed by atoms with Crippen LogP contribution >= 0.6 is 43.5 Å². The first-order valence-corrected chi connectivity index (χ1v) is 10.8. The molecule has 0 saturated heterocycles. The van der Waals surface area contributed by atoms with Gasteiger partial charge in [-0.15, -0.1) is 0 Å². The van der Waals surface area contributed by atoms with Crippen molar-refractivity contribution in [1.29, 1.82) is 5.26 Å². The molecule has 0 aliphatic carbocycles. The van der Waals surface area contributed by atoms with Crippen LogP contribution in [0.2, 0.25) is 5.02 Å². The highest BCUT2D eigenvalue weighted by atomic mass is 79.9. The lowest BCUT2D eigenvalue weighted by Gasteiger charge is -2.12. The minimum atomic E-state index is -0.517. The smallest absolute Gasteiger partial charge is 0.266 e. The molecule has 3 rings (SSSR count). The molecule has 1 N–H and O–H groups in total. The molecule has 7 heteroatoms. The SMILES string of the molecule is N#C/C(=C\c1cc(Br)c(OCc2ccccc2)c(Br)c1)C(=O)Nc1cccc(Cl)c1. The molecule has 0 spiro atoms. The summed E-state index contributed by atoms with van der Waals surface area (Å²) in [6, 6.07) is 22.1. The molecule has 150 valence electrons. The molecule has 0 saturated carbocycles. The summed E-state index contributed by atoms with van der Waals surface area (Å²) in [5, 5.41) is 12.6. The highest BCUT2D eigenvalue weighted by Gasteiger charge is 2.13. The van der Waals surface area contributed by atoms with E-state index in [4.69, 9.17) is 16.3 Å². The van der Waals surface area contributed by atoms with Crippen molar-refractivity contribution in [2.24, 2.45) is 0 Å². The van der Waals surface area contributed by atoms with E-state index in [0.29, 0.717) is 37.6 Å². The molecule has 0 unspecified atom stereocenters. The first-order valence-electron chi connectivity index (χ1n) is 8.81. The minimum Gasteiger partial charge on any atom is -0.487 e. The average Bonchev–Trinajstić information content (AvgIpc) is 2.72. The van der Waals surface area contributed by atoms with Crippen LogP contribution in [0, 0.1) is 11.3 Å². The molecule has 0 aromatic heterocycles. The second-order valence-corrected chi connectivity index (χ2v) is 8.37. The summed E-state index contributed by atoms with van der Waals surface area (Å²) in [6.45, 7) is 0.415. The fourth-order valence-corrected chi connectivity index (χ4v) is 4.25. The molecule has 0 radical (unpaired) electrons. The number of anilines is 1. The second kappa shape index (κ2) is 10.4. The Bertz CT molecular complexity index is 1120. The number of carbonyl (C=O) groups is 1. The third kappa shape index (κ3) is 5.96. The fourth-order valence-electron chi connectivity index (χ4n) is 2.61. The van der Waals surface area contributed by atoms with E-state index in [2.05, 4.69) is 37.2 Å². The van der Waals surface area contributed by atoms with Crippen LogP contribution < -0.4 is 10.1 Å². The summed E-state index contributed by atoms with van der Waals surface area (Å²) in [6.07, 6.45) is 1.51. The molecule has 0 atom stereocenters. The highest BCUT2D eigenvalue weighted by molar-refractivity contribution is 9.11. The van der Waals surface area contributed by atoms with Crippen LogP contribution in [0.25, 0.3) is 6.08 Å². The number of nitrogens with zero attached hydrogens (tertiary/aromatic N) is 1. The number of amides is 1. The average molecular weight is 547 g/mol. The zero-order valence-corrected chi connectivity index (χ0v) is 19.5. The van der Waals surface area contributed by atoms with Gasteiger partial charge in [-0.05, 0) is 79.4 Å². The van der Waals surface area contributed by atoms with E-state index in [0.717, 1.165) is 5.56 Å². The van der Waals surface area contributed by atoms with E-state index >= 15 is 0 Å². The summed E-state index contributed by atoms with van der Waals surface area (Å²) in [4.78, 5) is 12.5. The molecule has 0 fully saturated rings. The van der Waals surface area contributed by atoms with Crippen LogP contribution in [-0.4, -0.2) is 5.91 Å². The predicted octanol–water partition coefficient (Wildman–Crippen LogP) is 6.99. The zero-order chi connectivity index (χ0) is 21.5. The van der Waals surface area contributed by atoms with Crippen LogP contribution in [0.1, 0.15) is 11.1 Å². The Kier molecular flexibility index (Phi) is 7.69. The van der Waals surface area contributed by atoms with Gasteiger partial charge in [0.25, 0.3) is 5.91 Å². The standard InChI is InChI=1S/C23H15Br2ClN2O2/c24-20-10-16(11-21(25)22(20)30-14-15-5-2-1-3-6-15)9-17(13-27)23(29)28-19-8-4-7-18(26)12-19/h1-12H,14H2,(H,28,29)/b17-9+. The predicted molar refractivity (Wildman–Crippen MR) is 126 cm³/mol. The van der Waals surface area contributed by atoms with Crippen molar-refractivity contribution >= 4 is 61.1 Å². The van der Waals surface area contributed by atoms with E-state index in [9.17, 15) is 10.1 Å². The molecule has 30 heavy (non-hydrogen) atoms. The van der Waals surface area contributed by atoms with Crippen LogP contribution in [0.4, 0.5) is 5.69 Å². The molecule has 0 bridgehead atoms. The first-order chi connectivity index (χ1) is 14.5. The summed E-state index contributed by atoms with van der Waals surface area (Å²) in [7, 11) is 0. The Hall–Kier alpha value is -2.59. The van der Waals surface area contributed by atoms with Gasteiger partial charge >= 0.3 is 0 Å². The lowest BCUT2D eigenvalue weighted by Crippen LogP contribution is -2.13. The van der Waals surface area contributed by atoms with Gasteiger partial charge in [0.15, 0.2) is 0 Å². The number of rotatable bonds is 6. The maximum absolute atomic E-state index is 12.5. The lowest BCUT2D eigenvalue weighted by molar-refractivity contribution is -0.112. The largest absolute Gasteiger partial charge is 0.487 e. The van der Waals surface area contributed by atoms with Gasteiger partial charge in [-0.1, -0.05) is 48.0 Å². The topological polar surface area (TPSA) is 62.1 Å².